The molecule has 9 heteroatoms. The molecule has 3 N–H and O–H groups in total. The van der Waals surface area contributed by atoms with Crippen molar-refractivity contribution in [3.05, 3.63) is 90.0 Å². The molecule has 2 aromatic heterocycles. The molecule has 2 heterocycles. The first kappa shape index (κ1) is 22.5. The maximum Gasteiger partial charge on any atom is 0.251 e. The first-order chi connectivity index (χ1) is 16.9. The topological polar surface area (TPSA) is 120 Å². The van der Waals surface area contributed by atoms with Crippen molar-refractivity contribution < 1.29 is 13.2 Å². The zero-order chi connectivity index (χ0) is 24.6. The van der Waals surface area contributed by atoms with E-state index in [1.54, 1.807) is 47.0 Å². The Labute approximate surface area is 202 Å². The minimum atomic E-state index is -3.97. The average molecular weight is 486 g/mol. The van der Waals surface area contributed by atoms with Crippen molar-refractivity contribution in [1.82, 2.24) is 19.9 Å². The number of sulfone groups is 1. The van der Waals surface area contributed by atoms with Gasteiger partial charge in [0.15, 0.2) is 5.65 Å². The summed E-state index contributed by atoms with van der Waals surface area (Å²) in [5.41, 5.74) is 9.62. The zero-order valence-electron chi connectivity index (χ0n) is 19.0. The highest BCUT2D eigenvalue weighted by molar-refractivity contribution is 7.92. The monoisotopic (exact) mass is 485 g/mol. The summed E-state index contributed by atoms with van der Waals surface area (Å²) in [6.45, 7) is 2.31. The molecule has 0 atom stereocenters. The highest BCUT2D eigenvalue weighted by Gasteiger charge is 2.30. The van der Waals surface area contributed by atoms with Crippen molar-refractivity contribution in [3.8, 4) is 0 Å². The maximum atomic E-state index is 13.6. The number of aryl methyl sites for hydroxylation is 1. The third-order valence-electron chi connectivity index (χ3n) is 5.88. The largest absolute Gasteiger partial charge is 0.384 e. The maximum absolute atomic E-state index is 13.6. The molecule has 5 rings (SSSR count). The van der Waals surface area contributed by atoms with Gasteiger partial charge in [-0.3, -0.25) is 4.79 Å². The Morgan fingerprint density at radius 1 is 0.914 bits per heavy atom. The van der Waals surface area contributed by atoms with Gasteiger partial charge in [0.2, 0.25) is 9.84 Å². The summed E-state index contributed by atoms with van der Waals surface area (Å²) in [4.78, 5) is 22.0. The summed E-state index contributed by atoms with van der Waals surface area (Å²) in [5, 5.41) is 2.88. The number of nitrogens with two attached hydrogens (primary N) is 1. The molecule has 0 radical (unpaired) electrons. The minimum absolute atomic E-state index is 0.0318. The molecule has 176 valence electrons. The van der Waals surface area contributed by atoms with Gasteiger partial charge in [0, 0.05) is 18.7 Å². The molecule has 0 saturated heterocycles. The molecule has 0 aliphatic carbocycles. The highest BCUT2D eigenvalue weighted by atomic mass is 32.2. The molecule has 0 aliphatic rings. The highest BCUT2D eigenvalue weighted by Crippen LogP contribution is 2.35. The first-order valence-electron chi connectivity index (χ1n) is 11.1. The summed E-state index contributed by atoms with van der Waals surface area (Å²) in [6.07, 6.45) is 0. The van der Waals surface area contributed by atoms with E-state index in [9.17, 15) is 13.2 Å². The lowest BCUT2D eigenvalue weighted by Gasteiger charge is -2.10. The van der Waals surface area contributed by atoms with Crippen molar-refractivity contribution >= 4 is 43.8 Å². The smallest absolute Gasteiger partial charge is 0.251 e. The molecule has 0 fully saturated rings. The molecular formula is C26H23N5O3S. The van der Waals surface area contributed by atoms with Crippen LogP contribution < -0.4 is 11.1 Å². The number of aromatic nitrogens is 3. The van der Waals surface area contributed by atoms with E-state index < -0.39 is 9.84 Å². The fourth-order valence-electron chi connectivity index (χ4n) is 4.10. The van der Waals surface area contributed by atoms with Crippen LogP contribution in [0.25, 0.3) is 22.2 Å². The van der Waals surface area contributed by atoms with E-state index in [-0.39, 0.29) is 40.1 Å². The summed E-state index contributed by atoms with van der Waals surface area (Å²) >= 11 is 0. The lowest BCUT2D eigenvalue weighted by molar-refractivity contribution is 0.0952. The number of nitrogens with zero attached hydrogens (tertiary/aromatic N) is 3. The Kier molecular flexibility index (Phi) is 5.70. The van der Waals surface area contributed by atoms with Crippen LogP contribution in [0.2, 0.25) is 0 Å². The van der Waals surface area contributed by atoms with Gasteiger partial charge >= 0.3 is 0 Å². The van der Waals surface area contributed by atoms with Crippen molar-refractivity contribution in [3.63, 3.8) is 0 Å². The Morgan fingerprint density at radius 3 is 2.26 bits per heavy atom. The number of nitrogen functional groups attached to an aromatic ring is 1. The molecule has 0 saturated carbocycles. The minimum Gasteiger partial charge on any atom is -0.384 e. The Balaban J connectivity index is 1.58. The molecule has 1 amide bonds. The normalized spacial score (nSPS) is 11.7. The molecule has 0 spiro atoms. The number of amides is 1. The van der Waals surface area contributed by atoms with E-state index in [4.69, 9.17) is 5.73 Å². The van der Waals surface area contributed by atoms with Gasteiger partial charge in [0.25, 0.3) is 5.91 Å². The fourth-order valence-corrected chi connectivity index (χ4v) is 5.63. The average Bonchev–Trinajstić information content (AvgIpc) is 3.14. The summed E-state index contributed by atoms with van der Waals surface area (Å²) < 4.78 is 28.8. The number of hydrogen-bond acceptors (Lipinski definition) is 6. The molecule has 8 nitrogen and oxygen atoms in total. The Morgan fingerprint density at radius 2 is 1.54 bits per heavy atom. The molecule has 0 unspecified atom stereocenters. The number of nitrogens with one attached hydrogen (secondary N) is 1. The van der Waals surface area contributed by atoms with Gasteiger partial charge in [0.05, 0.1) is 15.9 Å². The first-order valence-corrected chi connectivity index (χ1v) is 12.5. The molecule has 0 aliphatic heterocycles. The molecule has 0 bridgehead atoms. The quantitative estimate of drug-likeness (QED) is 0.378. The van der Waals surface area contributed by atoms with Gasteiger partial charge in [-0.2, -0.15) is 0 Å². The number of anilines is 1. The number of fused-ring (bicyclic) bond motifs is 2. The van der Waals surface area contributed by atoms with E-state index in [2.05, 4.69) is 15.3 Å². The number of para-hydroxylation sites is 2. The SMILES string of the molecule is Cc1ccccc1C(=O)NCCn1c(N)c(S(=O)(=O)c2ccccc2)c2nc3ccccc3nc21. The van der Waals surface area contributed by atoms with Crippen LogP contribution in [-0.4, -0.2) is 35.4 Å². The summed E-state index contributed by atoms with van der Waals surface area (Å²) in [7, 11) is -3.97. The van der Waals surface area contributed by atoms with Crippen molar-refractivity contribution in [2.45, 2.75) is 23.3 Å². The predicted molar refractivity (Wildman–Crippen MR) is 135 cm³/mol. The number of hydrogen-bond donors (Lipinski definition) is 2. The van der Waals surface area contributed by atoms with Crippen LogP contribution in [0.1, 0.15) is 15.9 Å². The summed E-state index contributed by atoms with van der Waals surface area (Å²) in [5.74, 6) is -0.184. The van der Waals surface area contributed by atoms with Crippen LogP contribution >= 0.6 is 0 Å². The Hall–Kier alpha value is -4.24. The van der Waals surface area contributed by atoms with E-state index in [1.807, 2.05) is 31.2 Å². The number of benzene rings is 3. The third-order valence-corrected chi connectivity index (χ3v) is 7.71. The van der Waals surface area contributed by atoms with Crippen LogP contribution in [0.15, 0.2) is 88.7 Å². The number of rotatable bonds is 6. The predicted octanol–water partition coefficient (Wildman–Crippen LogP) is 3.74. The van der Waals surface area contributed by atoms with Crippen molar-refractivity contribution in [2.24, 2.45) is 0 Å². The van der Waals surface area contributed by atoms with Gasteiger partial charge in [-0.1, -0.05) is 48.5 Å². The molecule has 5 aromatic rings. The van der Waals surface area contributed by atoms with Crippen LogP contribution in [0.5, 0.6) is 0 Å². The number of carbonyl (C=O) groups is 1. The van der Waals surface area contributed by atoms with Crippen LogP contribution in [0, 0.1) is 6.92 Å². The second-order valence-corrected chi connectivity index (χ2v) is 10.0. The third kappa shape index (κ3) is 4.00. The van der Waals surface area contributed by atoms with Crippen molar-refractivity contribution in [1.29, 1.82) is 0 Å². The molecule has 35 heavy (non-hydrogen) atoms. The van der Waals surface area contributed by atoms with E-state index in [0.29, 0.717) is 22.2 Å². The summed E-state index contributed by atoms with van der Waals surface area (Å²) in [6, 6.07) is 22.6. The molecular weight excluding hydrogens is 462 g/mol. The number of carbonyl (C=O) groups excluding carboxylic acids is 1. The zero-order valence-corrected chi connectivity index (χ0v) is 19.8. The van der Waals surface area contributed by atoms with Gasteiger partial charge in [0.1, 0.15) is 16.2 Å². The Bertz CT molecular complexity index is 1680. The van der Waals surface area contributed by atoms with Crippen LogP contribution in [-0.2, 0) is 16.4 Å². The van der Waals surface area contributed by atoms with Crippen molar-refractivity contribution in [2.75, 3.05) is 12.3 Å². The van der Waals surface area contributed by atoms with E-state index in [1.165, 1.54) is 12.1 Å². The van der Waals surface area contributed by atoms with Crippen LogP contribution in [0.3, 0.4) is 0 Å². The van der Waals surface area contributed by atoms with E-state index in [0.717, 1.165) is 5.56 Å². The standard InChI is InChI=1S/C26H23N5O3S/c1-17-9-5-6-12-19(17)26(32)28-15-16-31-24(27)23(35(33,34)18-10-3-2-4-11-18)22-25(31)30-21-14-8-7-13-20(21)29-22/h2-14H,15-16,27H2,1H3,(H,28,32). The van der Waals surface area contributed by atoms with Gasteiger partial charge in [-0.05, 0) is 42.8 Å². The van der Waals surface area contributed by atoms with Gasteiger partial charge in [-0.15, -0.1) is 0 Å². The molecule has 3 aromatic carbocycles. The van der Waals surface area contributed by atoms with E-state index >= 15 is 0 Å². The lowest BCUT2D eigenvalue weighted by atomic mass is 10.1. The van der Waals surface area contributed by atoms with Gasteiger partial charge in [-0.25, -0.2) is 18.4 Å². The second-order valence-electron chi connectivity index (χ2n) is 8.14. The second kappa shape index (κ2) is 8.84. The lowest BCUT2D eigenvalue weighted by Crippen LogP contribution is -2.28. The van der Waals surface area contributed by atoms with Gasteiger partial charge < -0.3 is 15.6 Å². The van der Waals surface area contributed by atoms with Crippen LogP contribution in [0.4, 0.5) is 5.82 Å². The fraction of sp³-hybridized carbons (Fsp3) is 0.115.